The monoisotopic (exact) mass is 353 g/mol. The zero-order chi connectivity index (χ0) is 15.6. The van der Waals surface area contributed by atoms with E-state index in [0.29, 0.717) is 5.89 Å². The van der Waals surface area contributed by atoms with Crippen molar-refractivity contribution in [2.75, 3.05) is 0 Å². The van der Waals surface area contributed by atoms with Crippen LogP contribution in [0.4, 0.5) is 0 Å². The van der Waals surface area contributed by atoms with Gasteiger partial charge in [-0.1, -0.05) is 36.7 Å². The predicted molar refractivity (Wildman–Crippen MR) is 80.6 cm³/mol. The lowest BCUT2D eigenvalue weighted by Gasteiger charge is -2.13. The second kappa shape index (κ2) is 5.89. The van der Waals surface area contributed by atoms with Gasteiger partial charge in [0.05, 0.1) is 6.20 Å². The van der Waals surface area contributed by atoms with E-state index in [2.05, 4.69) is 20.9 Å². The third kappa shape index (κ3) is 3.85. The quantitative estimate of drug-likeness (QED) is 0.898. The molecule has 1 aromatic carbocycles. The third-order valence-corrected chi connectivity index (χ3v) is 3.31. The van der Waals surface area contributed by atoms with Crippen LogP contribution in [-0.2, 0) is 12.0 Å². The molecule has 2 rings (SSSR count). The standard InChI is InChI=1S/C15H16BrNO4/c1-15(2,3)12-7-17-13(21-12)8-20-11-6-9(16)4-5-10(11)14(18)19/h4-7H,8H2,1-3H3,(H,18,19). The Labute approximate surface area is 131 Å². The molecule has 112 valence electrons. The number of carboxylic acids is 1. The van der Waals surface area contributed by atoms with Gasteiger partial charge in [0, 0.05) is 9.89 Å². The molecule has 0 aliphatic rings. The predicted octanol–water partition coefficient (Wildman–Crippen LogP) is 4.01. The number of rotatable bonds is 4. The van der Waals surface area contributed by atoms with Crippen molar-refractivity contribution in [3.63, 3.8) is 0 Å². The van der Waals surface area contributed by atoms with Crippen molar-refractivity contribution >= 4 is 21.9 Å². The van der Waals surface area contributed by atoms with Crippen LogP contribution < -0.4 is 4.74 Å². The Morgan fingerprint density at radius 1 is 1.43 bits per heavy atom. The van der Waals surface area contributed by atoms with Gasteiger partial charge in [0.1, 0.15) is 17.1 Å². The first-order chi connectivity index (χ1) is 9.77. The molecule has 0 saturated carbocycles. The fraction of sp³-hybridized carbons (Fsp3) is 0.333. The Morgan fingerprint density at radius 2 is 2.14 bits per heavy atom. The maximum Gasteiger partial charge on any atom is 0.339 e. The Kier molecular flexibility index (Phi) is 4.37. The second-order valence-electron chi connectivity index (χ2n) is 5.60. The fourth-order valence-electron chi connectivity index (χ4n) is 1.66. The van der Waals surface area contributed by atoms with Gasteiger partial charge in [-0.3, -0.25) is 0 Å². The average molecular weight is 354 g/mol. The molecule has 0 fully saturated rings. The molecule has 2 aromatic rings. The molecule has 0 aliphatic heterocycles. The van der Waals surface area contributed by atoms with Gasteiger partial charge in [0.2, 0.25) is 5.89 Å². The highest BCUT2D eigenvalue weighted by Crippen LogP contribution is 2.26. The van der Waals surface area contributed by atoms with Gasteiger partial charge < -0.3 is 14.3 Å². The molecule has 5 nitrogen and oxygen atoms in total. The van der Waals surface area contributed by atoms with Crippen LogP contribution in [0.2, 0.25) is 0 Å². The van der Waals surface area contributed by atoms with E-state index in [9.17, 15) is 4.79 Å². The fourth-order valence-corrected chi connectivity index (χ4v) is 2.00. The first kappa shape index (κ1) is 15.6. The zero-order valence-corrected chi connectivity index (χ0v) is 13.6. The second-order valence-corrected chi connectivity index (χ2v) is 6.52. The number of oxazole rings is 1. The molecule has 0 unspecified atom stereocenters. The summed E-state index contributed by atoms with van der Waals surface area (Å²) in [4.78, 5) is 15.3. The SMILES string of the molecule is CC(C)(C)c1cnc(COc2cc(Br)ccc2C(=O)O)o1. The molecule has 0 spiro atoms. The van der Waals surface area contributed by atoms with E-state index in [-0.39, 0.29) is 23.3 Å². The molecule has 0 radical (unpaired) electrons. The maximum atomic E-state index is 11.1. The van der Waals surface area contributed by atoms with Crippen LogP contribution in [0.1, 0.15) is 42.8 Å². The summed E-state index contributed by atoms with van der Waals surface area (Å²) >= 11 is 3.29. The van der Waals surface area contributed by atoms with Crippen LogP contribution in [-0.4, -0.2) is 16.1 Å². The normalized spacial score (nSPS) is 11.4. The highest BCUT2D eigenvalue weighted by atomic mass is 79.9. The van der Waals surface area contributed by atoms with E-state index in [1.807, 2.05) is 20.8 Å². The smallest absolute Gasteiger partial charge is 0.339 e. The summed E-state index contributed by atoms with van der Waals surface area (Å²) in [5.41, 5.74) is -0.0337. The Morgan fingerprint density at radius 3 is 2.71 bits per heavy atom. The third-order valence-electron chi connectivity index (χ3n) is 2.82. The van der Waals surface area contributed by atoms with Gasteiger partial charge in [0.15, 0.2) is 6.61 Å². The molecule has 1 aromatic heterocycles. The van der Waals surface area contributed by atoms with E-state index in [0.717, 1.165) is 10.2 Å². The van der Waals surface area contributed by atoms with Crippen molar-refractivity contribution in [2.45, 2.75) is 32.8 Å². The van der Waals surface area contributed by atoms with Crippen molar-refractivity contribution in [3.8, 4) is 5.75 Å². The molecule has 0 amide bonds. The highest BCUT2D eigenvalue weighted by Gasteiger charge is 2.19. The average Bonchev–Trinajstić information content (AvgIpc) is 2.84. The van der Waals surface area contributed by atoms with E-state index < -0.39 is 5.97 Å². The van der Waals surface area contributed by atoms with E-state index >= 15 is 0 Å². The largest absolute Gasteiger partial charge is 0.483 e. The lowest BCUT2D eigenvalue weighted by Crippen LogP contribution is -2.09. The number of aromatic nitrogens is 1. The van der Waals surface area contributed by atoms with Crippen LogP contribution in [0.3, 0.4) is 0 Å². The highest BCUT2D eigenvalue weighted by molar-refractivity contribution is 9.10. The van der Waals surface area contributed by atoms with Gasteiger partial charge in [0.25, 0.3) is 0 Å². The number of hydrogen-bond donors (Lipinski definition) is 1. The van der Waals surface area contributed by atoms with Crippen LogP contribution in [0.15, 0.2) is 33.3 Å². The minimum absolute atomic E-state index is 0.0762. The van der Waals surface area contributed by atoms with Crippen molar-refractivity contribution in [2.24, 2.45) is 0 Å². The minimum Gasteiger partial charge on any atom is -0.483 e. The van der Waals surface area contributed by atoms with Crippen molar-refractivity contribution in [1.29, 1.82) is 0 Å². The summed E-state index contributed by atoms with van der Waals surface area (Å²) in [6, 6.07) is 4.74. The Balaban J connectivity index is 2.15. The summed E-state index contributed by atoms with van der Waals surface area (Å²) in [7, 11) is 0. The van der Waals surface area contributed by atoms with Gasteiger partial charge >= 0.3 is 5.97 Å². The van der Waals surface area contributed by atoms with E-state index in [1.165, 1.54) is 6.07 Å². The first-order valence-electron chi connectivity index (χ1n) is 6.38. The molecular formula is C15H16BrNO4. The Hall–Kier alpha value is -1.82. The molecule has 0 aliphatic carbocycles. The molecule has 21 heavy (non-hydrogen) atoms. The number of nitrogens with zero attached hydrogens (tertiary/aromatic N) is 1. The molecule has 0 saturated heterocycles. The number of hydrogen-bond acceptors (Lipinski definition) is 4. The van der Waals surface area contributed by atoms with Crippen LogP contribution >= 0.6 is 15.9 Å². The Bertz CT molecular complexity index is 658. The number of ether oxygens (including phenoxy) is 1. The summed E-state index contributed by atoms with van der Waals surface area (Å²) in [6.07, 6.45) is 1.66. The molecule has 0 bridgehead atoms. The molecule has 6 heteroatoms. The number of carbonyl (C=O) groups is 1. The van der Waals surface area contributed by atoms with Gasteiger partial charge in [-0.25, -0.2) is 9.78 Å². The van der Waals surface area contributed by atoms with Crippen molar-refractivity contribution in [1.82, 2.24) is 4.98 Å². The van der Waals surface area contributed by atoms with Crippen LogP contribution in [0.5, 0.6) is 5.75 Å². The molecule has 0 atom stereocenters. The number of aromatic carboxylic acids is 1. The maximum absolute atomic E-state index is 11.1. The number of carboxylic acid groups (broad SMARTS) is 1. The van der Waals surface area contributed by atoms with Crippen molar-refractivity contribution in [3.05, 3.63) is 46.1 Å². The minimum atomic E-state index is -1.04. The van der Waals surface area contributed by atoms with Gasteiger partial charge in [-0.2, -0.15) is 0 Å². The van der Waals surface area contributed by atoms with Crippen LogP contribution in [0.25, 0.3) is 0 Å². The summed E-state index contributed by atoms with van der Waals surface area (Å²) in [6.45, 7) is 6.14. The number of benzene rings is 1. The lowest BCUT2D eigenvalue weighted by molar-refractivity contribution is 0.0691. The molecule has 1 heterocycles. The summed E-state index contributed by atoms with van der Waals surface area (Å²) in [5, 5.41) is 9.13. The zero-order valence-electron chi connectivity index (χ0n) is 12.0. The molecular weight excluding hydrogens is 338 g/mol. The first-order valence-corrected chi connectivity index (χ1v) is 7.17. The topological polar surface area (TPSA) is 72.6 Å². The van der Waals surface area contributed by atoms with E-state index in [4.69, 9.17) is 14.3 Å². The van der Waals surface area contributed by atoms with Gasteiger partial charge in [-0.05, 0) is 18.2 Å². The van der Waals surface area contributed by atoms with Gasteiger partial charge in [-0.15, -0.1) is 0 Å². The molecule has 1 N–H and O–H groups in total. The number of halogens is 1. The lowest BCUT2D eigenvalue weighted by atomic mass is 9.94. The van der Waals surface area contributed by atoms with Crippen molar-refractivity contribution < 1.29 is 19.1 Å². The van der Waals surface area contributed by atoms with E-state index in [1.54, 1.807) is 18.3 Å². The van der Waals surface area contributed by atoms with Crippen LogP contribution in [0, 0.1) is 0 Å². The summed E-state index contributed by atoms with van der Waals surface area (Å²) < 4.78 is 11.9. The summed E-state index contributed by atoms with van der Waals surface area (Å²) in [5.74, 6) is 0.401.